The van der Waals surface area contributed by atoms with Gasteiger partial charge in [0.15, 0.2) is 0 Å². The lowest BCUT2D eigenvalue weighted by Crippen LogP contribution is -2.46. The SMILES string of the molecule is NC1CC2CCC(C1)N2Cc1ccccc1OC(F)F. The Balaban J connectivity index is 1.75. The third-order valence-electron chi connectivity index (χ3n) is 4.46. The van der Waals surface area contributed by atoms with Crippen molar-refractivity contribution in [2.24, 2.45) is 5.73 Å². The van der Waals surface area contributed by atoms with E-state index in [0.29, 0.717) is 18.6 Å². The number of alkyl halides is 2. The molecule has 3 rings (SSSR count). The minimum Gasteiger partial charge on any atom is -0.434 e. The quantitative estimate of drug-likeness (QED) is 0.923. The summed E-state index contributed by atoms with van der Waals surface area (Å²) in [4.78, 5) is 2.41. The predicted molar refractivity (Wildman–Crippen MR) is 72.6 cm³/mol. The average molecular weight is 282 g/mol. The highest BCUT2D eigenvalue weighted by Gasteiger charge is 2.39. The van der Waals surface area contributed by atoms with E-state index in [1.807, 2.05) is 12.1 Å². The van der Waals surface area contributed by atoms with Gasteiger partial charge in [0.2, 0.25) is 0 Å². The number of hydrogen-bond donors (Lipinski definition) is 1. The van der Waals surface area contributed by atoms with Crippen LogP contribution in [0.2, 0.25) is 0 Å². The van der Waals surface area contributed by atoms with Crippen LogP contribution in [-0.4, -0.2) is 29.6 Å². The van der Waals surface area contributed by atoms with Crippen molar-refractivity contribution in [2.75, 3.05) is 0 Å². The fourth-order valence-corrected chi connectivity index (χ4v) is 3.62. The summed E-state index contributed by atoms with van der Waals surface area (Å²) < 4.78 is 29.5. The van der Waals surface area contributed by atoms with Crippen molar-refractivity contribution >= 4 is 0 Å². The van der Waals surface area contributed by atoms with Crippen molar-refractivity contribution < 1.29 is 13.5 Å². The van der Waals surface area contributed by atoms with Gasteiger partial charge >= 0.3 is 6.61 Å². The summed E-state index contributed by atoms with van der Waals surface area (Å²) in [5, 5.41) is 0. The molecule has 1 aromatic carbocycles. The van der Waals surface area contributed by atoms with Gasteiger partial charge in [-0.05, 0) is 31.7 Å². The summed E-state index contributed by atoms with van der Waals surface area (Å²) >= 11 is 0. The number of halogens is 2. The summed E-state index contributed by atoms with van der Waals surface area (Å²) in [6.07, 6.45) is 4.34. The molecule has 2 atom stereocenters. The zero-order valence-corrected chi connectivity index (χ0v) is 11.3. The van der Waals surface area contributed by atoms with Gasteiger partial charge in [0.05, 0.1) is 0 Å². The van der Waals surface area contributed by atoms with Gasteiger partial charge in [0, 0.05) is 30.2 Å². The first kappa shape index (κ1) is 13.8. The predicted octanol–water partition coefficient (Wildman–Crippen LogP) is 2.74. The summed E-state index contributed by atoms with van der Waals surface area (Å²) in [5.74, 6) is 0.289. The zero-order chi connectivity index (χ0) is 14.1. The third kappa shape index (κ3) is 2.79. The molecule has 2 saturated heterocycles. The van der Waals surface area contributed by atoms with Gasteiger partial charge in [-0.25, -0.2) is 0 Å². The Hall–Kier alpha value is -1.20. The Labute approximate surface area is 117 Å². The van der Waals surface area contributed by atoms with Crippen LogP contribution in [-0.2, 0) is 6.54 Å². The van der Waals surface area contributed by atoms with E-state index in [-0.39, 0.29) is 11.8 Å². The van der Waals surface area contributed by atoms with Crippen molar-refractivity contribution in [3.05, 3.63) is 29.8 Å². The zero-order valence-electron chi connectivity index (χ0n) is 11.3. The molecular weight excluding hydrogens is 262 g/mol. The second kappa shape index (κ2) is 5.66. The molecule has 20 heavy (non-hydrogen) atoms. The third-order valence-corrected chi connectivity index (χ3v) is 4.46. The number of piperidine rings is 1. The Morgan fingerprint density at radius 2 is 1.85 bits per heavy atom. The van der Waals surface area contributed by atoms with Crippen LogP contribution >= 0.6 is 0 Å². The summed E-state index contributed by atoms with van der Waals surface area (Å²) in [6, 6.07) is 8.33. The molecule has 0 radical (unpaired) electrons. The second-order valence-corrected chi connectivity index (χ2v) is 5.78. The average Bonchev–Trinajstić information content (AvgIpc) is 2.64. The van der Waals surface area contributed by atoms with E-state index >= 15 is 0 Å². The molecule has 2 fully saturated rings. The first-order valence-corrected chi connectivity index (χ1v) is 7.17. The van der Waals surface area contributed by atoms with Crippen molar-refractivity contribution in [3.63, 3.8) is 0 Å². The number of benzene rings is 1. The Morgan fingerprint density at radius 3 is 2.50 bits per heavy atom. The van der Waals surface area contributed by atoms with Gasteiger partial charge in [-0.2, -0.15) is 8.78 Å². The largest absolute Gasteiger partial charge is 0.434 e. The van der Waals surface area contributed by atoms with Crippen LogP contribution in [0.3, 0.4) is 0 Å². The van der Waals surface area contributed by atoms with Crippen LogP contribution < -0.4 is 10.5 Å². The van der Waals surface area contributed by atoms with E-state index in [2.05, 4.69) is 9.64 Å². The van der Waals surface area contributed by atoms with E-state index in [1.165, 1.54) is 0 Å². The fraction of sp³-hybridized carbons (Fsp3) is 0.600. The Bertz CT molecular complexity index is 455. The van der Waals surface area contributed by atoms with E-state index in [4.69, 9.17) is 5.73 Å². The standard InChI is InChI=1S/C15H20F2N2O/c16-15(17)20-14-4-2-1-3-10(14)9-19-12-5-6-13(19)8-11(18)7-12/h1-4,11-13,15H,5-9,18H2. The maximum atomic E-state index is 12.4. The number of nitrogens with zero attached hydrogens (tertiary/aromatic N) is 1. The number of nitrogens with two attached hydrogens (primary N) is 1. The number of para-hydroxylation sites is 1. The molecule has 5 heteroatoms. The van der Waals surface area contributed by atoms with Crippen molar-refractivity contribution in [1.82, 2.24) is 4.90 Å². The molecule has 110 valence electrons. The smallest absolute Gasteiger partial charge is 0.387 e. The summed E-state index contributed by atoms with van der Waals surface area (Å²) in [6.45, 7) is -2.10. The van der Waals surface area contributed by atoms with E-state index in [0.717, 1.165) is 31.2 Å². The lowest BCUT2D eigenvalue weighted by Gasteiger charge is -2.37. The normalized spacial score (nSPS) is 29.9. The Morgan fingerprint density at radius 1 is 1.20 bits per heavy atom. The molecule has 2 unspecified atom stereocenters. The molecule has 0 amide bonds. The van der Waals surface area contributed by atoms with Crippen molar-refractivity contribution in [1.29, 1.82) is 0 Å². The van der Waals surface area contributed by atoms with E-state index in [1.54, 1.807) is 12.1 Å². The van der Waals surface area contributed by atoms with Gasteiger partial charge in [0.25, 0.3) is 0 Å². The molecule has 0 aromatic heterocycles. The summed E-state index contributed by atoms with van der Waals surface area (Å²) in [5.41, 5.74) is 6.89. The van der Waals surface area contributed by atoms with Crippen molar-refractivity contribution in [2.45, 2.75) is 57.0 Å². The minimum atomic E-state index is -2.78. The van der Waals surface area contributed by atoms with Crippen molar-refractivity contribution in [3.8, 4) is 5.75 Å². The highest BCUT2D eigenvalue weighted by molar-refractivity contribution is 5.33. The maximum Gasteiger partial charge on any atom is 0.387 e. The number of rotatable bonds is 4. The summed E-state index contributed by atoms with van der Waals surface area (Å²) in [7, 11) is 0. The van der Waals surface area contributed by atoms with Gasteiger partial charge in [-0.1, -0.05) is 18.2 Å². The minimum absolute atomic E-state index is 0.288. The highest BCUT2D eigenvalue weighted by Crippen LogP contribution is 2.37. The number of ether oxygens (including phenoxy) is 1. The molecule has 3 nitrogen and oxygen atoms in total. The van der Waals surface area contributed by atoms with E-state index in [9.17, 15) is 8.78 Å². The van der Waals surface area contributed by atoms with Gasteiger partial charge in [-0.3, -0.25) is 4.90 Å². The molecule has 2 aliphatic rings. The van der Waals surface area contributed by atoms with Crippen LogP contribution in [0.1, 0.15) is 31.2 Å². The van der Waals surface area contributed by atoms with Crippen LogP contribution in [0, 0.1) is 0 Å². The monoisotopic (exact) mass is 282 g/mol. The highest BCUT2D eigenvalue weighted by atomic mass is 19.3. The van der Waals surface area contributed by atoms with Crippen LogP contribution in [0.4, 0.5) is 8.78 Å². The molecule has 2 aliphatic heterocycles. The van der Waals surface area contributed by atoms with Crippen LogP contribution in [0.15, 0.2) is 24.3 Å². The van der Waals surface area contributed by atoms with Crippen LogP contribution in [0.5, 0.6) is 5.75 Å². The van der Waals surface area contributed by atoms with Gasteiger partial charge in [-0.15, -0.1) is 0 Å². The molecule has 0 aliphatic carbocycles. The molecule has 1 aromatic rings. The van der Waals surface area contributed by atoms with Crippen LogP contribution in [0.25, 0.3) is 0 Å². The molecule has 2 heterocycles. The molecule has 2 N–H and O–H groups in total. The fourth-order valence-electron chi connectivity index (χ4n) is 3.62. The molecular formula is C15H20F2N2O. The number of hydrogen-bond acceptors (Lipinski definition) is 3. The first-order chi connectivity index (χ1) is 9.63. The first-order valence-electron chi connectivity index (χ1n) is 7.17. The Kier molecular flexibility index (Phi) is 3.89. The number of fused-ring (bicyclic) bond motifs is 2. The van der Waals surface area contributed by atoms with E-state index < -0.39 is 6.61 Å². The molecule has 0 spiro atoms. The topological polar surface area (TPSA) is 38.5 Å². The molecule has 2 bridgehead atoms. The van der Waals surface area contributed by atoms with Gasteiger partial charge in [0.1, 0.15) is 5.75 Å². The lowest BCUT2D eigenvalue weighted by atomic mass is 9.97. The lowest BCUT2D eigenvalue weighted by molar-refractivity contribution is -0.0510. The maximum absolute atomic E-state index is 12.4. The van der Waals surface area contributed by atoms with Gasteiger partial charge < -0.3 is 10.5 Å². The second-order valence-electron chi connectivity index (χ2n) is 5.78. The molecule has 0 saturated carbocycles.